The molecule has 0 aliphatic rings. The number of benzene rings is 3. The van der Waals surface area contributed by atoms with E-state index in [1.807, 2.05) is 66.7 Å². The van der Waals surface area contributed by atoms with Gasteiger partial charge in [-0.2, -0.15) is 0 Å². The number of hydrogen-bond donors (Lipinski definition) is 1. The van der Waals surface area contributed by atoms with Crippen LogP contribution in [0.15, 0.2) is 66.7 Å². The van der Waals surface area contributed by atoms with E-state index in [2.05, 4.69) is 5.32 Å². The van der Waals surface area contributed by atoms with Crippen molar-refractivity contribution in [2.24, 2.45) is 0 Å². The molecule has 0 radical (unpaired) electrons. The second kappa shape index (κ2) is 10.2. The van der Waals surface area contributed by atoms with Crippen LogP contribution >= 0.6 is 0 Å². The first-order chi connectivity index (χ1) is 14.6. The third-order valence-corrected chi connectivity index (χ3v) is 4.50. The topological polar surface area (TPSA) is 66.0 Å². The molecule has 6 heteroatoms. The Morgan fingerprint density at radius 2 is 1.43 bits per heavy atom. The predicted octanol–water partition coefficient (Wildman–Crippen LogP) is 5.08. The number of aryl methyl sites for hydroxylation is 1. The molecule has 0 aromatic heterocycles. The van der Waals surface area contributed by atoms with Crippen LogP contribution in [0.5, 0.6) is 28.7 Å². The minimum atomic E-state index is -0.118. The van der Waals surface area contributed by atoms with E-state index in [4.69, 9.17) is 18.9 Å². The van der Waals surface area contributed by atoms with Crippen molar-refractivity contribution in [3.05, 3.63) is 72.3 Å². The van der Waals surface area contributed by atoms with Crippen LogP contribution in [-0.2, 0) is 11.2 Å². The smallest absolute Gasteiger partial charge is 0.224 e. The molecule has 0 unspecified atom stereocenters. The maximum atomic E-state index is 12.6. The van der Waals surface area contributed by atoms with Gasteiger partial charge in [0.25, 0.3) is 0 Å². The summed E-state index contributed by atoms with van der Waals surface area (Å²) >= 11 is 0. The van der Waals surface area contributed by atoms with Crippen LogP contribution in [0.1, 0.15) is 12.0 Å². The minimum Gasteiger partial charge on any atom is -0.493 e. The zero-order valence-electron chi connectivity index (χ0n) is 17.3. The van der Waals surface area contributed by atoms with E-state index < -0.39 is 0 Å². The number of hydrogen-bond acceptors (Lipinski definition) is 5. The lowest BCUT2D eigenvalue weighted by Crippen LogP contribution is -2.13. The molecule has 0 bridgehead atoms. The Labute approximate surface area is 176 Å². The Morgan fingerprint density at radius 1 is 0.800 bits per heavy atom. The molecule has 3 aromatic carbocycles. The number of anilines is 1. The van der Waals surface area contributed by atoms with Crippen molar-refractivity contribution in [2.45, 2.75) is 12.8 Å². The highest BCUT2D eigenvalue weighted by molar-refractivity contribution is 5.92. The van der Waals surface area contributed by atoms with Crippen molar-refractivity contribution in [3.63, 3.8) is 0 Å². The van der Waals surface area contributed by atoms with Gasteiger partial charge in [0.1, 0.15) is 5.75 Å². The second-order valence-electron chi connectivity index (χ2n) is 6.49. The van der Waals surface area contributed by atoms with Crippen LogP contribution in [0, 0.1) is 0 Å². The van der Waals surface area contributed by atoms with Crippen molar-refractivity contribution >= 4 is 11.6 Å². The Morgan fingerprint density at radius 3 is 2.07 bits per heavy atom. The van der Waals surface area contributed by atoms with E-state index in [0.29, 0.717) is 40.9 Å². The normalized spacial score (nSPS) is 10.2. The number of carbonyl (C=O) groups excluding carboxylic acids is 1. The third-order valence-electron chi connectivity index (χ3n) is 4.50. The van der Waals surface area contributed by atoms with Crippen LogP contribution in [-0.4, -0.2) is 27.2 Å². The van der Waals surface area contributed by atoms with Crippen LogP contribution < -0.4 is 24.3 Å². The third kappa shape index (κ3) is 5.23. The van der Waals surface area contributed by atoms with E-state index in [-0.39, 0.29) is 12.3 Å². The SMILES string of the molecule is COc1cc(CCC(=O)Nc2ccccc2Oc2ccccc2)cc(OC)c1OC. The molecular weight excluding hydrogens is 382 g/mol. The van der Waals surface area contributed by atoms with Crippen molar-refractivity contribution in [2.75, 3.05) is 26.6 Å². The number of ether oxygens (including phenoxy) is 4. The quantitative estimate of drug-likeness (QED) is 0.536. The van der Waals surface area contributed by atoms with Gasteiger partial charge in [-0.3, -0.25) is 4.79 Å². The fourth-order valence-corrected chi connectivity index (χ4v) is 3.02. The molecule has 0 heterocycles. The number of para-hydroxylation sites is 3. The zero-order chi connectivity index (χ0) is 21.3. The number of carbonyl (C=O) groups is 1. The summed E-state index contributed by atoms with van der Waals surface area (Å²) in [7, 11) is 4.69. The fourth-order valence-electron chi connectivity index (χ4n) is 3.02. The average Bonchev–Trinajstić information content (AvgIpc) is 2.78. The van der Waals surface area contributed by atoms with Gasteiger partial charge in [0, 0.05) is 6.42 Å². The van der Waals surface area contributed by atoms with Crippen LogP contribution in [0.4, 0.5) is 5.69 Å². The average molecular weight is 407 g/mol. The van der Waals surface area contributed by atoms with Crippen molar-refractivity contribution in [1.82, 2.24) is 0 Å². The van der Waals surface area contributed by atoms with E-state index in [9.17, 15) is 4.79 Å². The largest absolute Gasteiger partial charge is 0.493 e. The highest BCUT2D eigenvalue weighted by Gasteiger charge is 2.14. The Balaban J connectivity index is 1.67. The summed E-state index contributed by atoms with van der Waals surface area (Å²) in [5.74, 6) is 2.83. The molecule has 0 saturated heterocycles. The minimum absolute atomic E-state index is 0.118. The van der Waals surface area contributed by atoms with Gasteiger partial charge in [-0.25, -0.2) is 0 Å². The van der Waals surface area contributed by atoms with Crippen LogP contribution in [0.25, 0.3) is 0 Å². The summed E-state index contributed by atoms with van der Waals surface area (Å²) in [6.07, 6.45) is 0.808. The predicted molar refractivity (Wildman–Crippen MR) is 116 cm³/mol. The van der Waals surface area contributed by atoms with Gasteiger partial charge in [0.2, 0.25) is 11.7 Å². The number of rotatable bonds is 9. The molecule has 0 aliphatic carbocycles. The lowest BCUT2D eigenvalue weighted by molar-refractivity contribution is -0.116. The molecule has 1 N–H and O–H groups in total. The Bertz CT molecular complexity index is 963. The molecule has 6 nitrogen and oxygen atoms in total. The summed E-state index contributed by atoms with van der Waals surface area (Å²) in [4.78, 5) is 12.6. The molecule has 0 spiro atoms. The summed E-state index contributed by atoms with van der Waals surface area (Å²) in [5.41, 5.74) is 1.53. The fraction of sp³-hybridized carbons (Fsp3) is 0.208. The molecule has 0 atom stereocenters. The van der Waals surface area contributed by atoms with E-state index in [0.717, 1.165) is 5.56 Å². The van der Waals surface area contributed by atoms with E-state index in [1.54, 1.807) is 21.3 Å². The standard InChI is InChI=1S/C24H25NO5/c1-27-21-15-17(16-22(28-2)24(21)29-3)13-14-23(26)25-19-11-7-8-12-20(19)30-18-9-5-4-6-10-18/h4-12,15-16H,13-14H2,1-3H3,(H,25,26). The monoisotopic (exact) mass is 407 g/mol. The van der Waals surface area contributed by atoms with Gasteiger partial charge in [0.05, 0.1) is 27.0 Å². The summed E-state index contributed by atoms with van der Waals surface area (Å²) in [6.45, 7) is 0. The van der Waals surface area contributed by atoms with E-state index >= 15 is 0 Å². The molecule has 3 aromatic rings. The van der Waals surface area contributed by atoms with E-state index in [1.165, 1.54) is 0 Å². The highest BCUT2D eigenvalue weighted by atomic mass is 16.5. The van der Waals surface area contributed by atoms with Gasteiger partial charge in [-0.1, -0.05) is 30.3 Å². The van der Waals surface area contributed by atoms with Gasteiger partial charge >= 0.3 is 0 Å². The van der Waals surface area contributed by atoms with Gasteiger partial charge in [-0.15, -0.1) is 0 Å². The maximum Gasteiger partial charge on any atom is 0.224 e. The summed E-state index contributed by atoms with van der Waals surface area (Å²) < 4.78 is 22.0. The number of amides is 1. The molecule has 0 aliphatic heterocycles. The molecule has 0 fully saturated rings. The molecule has 1 amide bonds. The van der Waals surface area contributed by atoms with Gasteiger partial charge in [-0.05, 0) is 48.4 Å². The summed E-state index contributed by atoms with van der Waals surface area (Å²) in [5, 5.41) is 2.93. The molecule has 0 saturated carbocycles. The first-order valence-corrected chi connectivity index (χ1v) is 9.55. The first-order valence-electron chi connectivity index (χ1n) is 9.55. The maximum absolute atomic E-state index is 12.6. The molecule has 3 rings (SSSR count). The molecule has 156 valence electrons. The van der Waals surface area contributed by atoms with Crippen molar-refractivity contribution in [1.29, 1.82) is 0 Å². The lowest BCUT2D eigenvalue weighted by atomic mass is 10.1. The van der Waals surface area contributed by atoms with Crippen LogP contribution in [0.3, 0.4) is 0 Å². The number of methoxy groups -OCH3 is 3. The molecule has 30 heavy (non-hydrogen) atoms. The van der Waals surface area contributed by atoms with Gasteiger partial charge in [0.15, 0.2) is 17.2 Å². The Kier molecular flexibility index (Phi) is 7.16. The first kappa shape index (κ1) is 21.0. The zero-order valence-corrected chi connectivity index (χ0v) is 17.3. The summed E-state index contributed by atoms with van der Waals surface area (Å²) in [6, 6.07) is 20.5. The lowest BCUT2D eigenvalue weighted by Gasteiger charge is -2.14. The number of nitrogens with one attached hydrogen (secondary N) is 1. The van der Waals surface area contributed by atoms with Crippen LogP contribution in [0.2, 0.25) is 0 Å². The van der Waals surface area contributed by atoms with Gasteiger partial charge < -0.3 is 24.3 Å². The Hall–Kier alpha value is -3.67. The molecular formula is C24H25NO5. The van der Waals surface area contributed by atoms with Crippen molar-refractivity contribution in [3.8, 4) is 28.7 Å². The van der Waals surface area contributed by atoms with Crippen molar-refractivity contribution < 1.29 is 23.7 Å². The second-order valence-corrected chi connectivity index (χ2v) is 6.49. The highest BCUT2D eigenvalue weighted by Crippen LogP contribution is 2.38.